The minimum atomic E-state index is 0.0589. The summed E-state index contributed by atoms with van der Waals surface area (Å²) in [7, 11) is 0. The largest absolute Gasteiger partial charge is 0.299 e. The number of ketones is 1. The summed E-state index contributed by atoms with van der Waals surface area (Å²) in [5.41, 5.74) is 3.66. The molecule has 0 aromatic heterocycles. The average Bonchev–Trinajstić information content (AvgIpc) is 2.15. The maximum absolute atomic E-state index is 12.0. The molecule has 1 aromatic rings. The number of benzene rings is 1. The number of carbonyl (C=O) groups excluding carboxylic acids is 1. The van der Waals surface area contributed by atoms with Crippen LogP contribution in [0.15, 0.2) is 18.2 Å². The predicted molar refractivity (Wildman–Crippen MR) is 68.8 cm³/mol. The second-order valence-electron chi connectivity index (χ2n) is 4.96. The summed E-state index contributed by atoms with van der Waals surface area (Å²) in [6, 6.07) is 6.44. The van der Waals surface area contributed by atoms with Gasteiger partial charge in [0.2, 0.25) is 0 Å². The highest BCUT2D eigenvalue weighted by Crippen LogP contribution is 2.28. The third kappa shape index (κ3) is 2.94. The zero-order chi connectivity index (χ0) is 12.3. The summed E-state index contributed by atoms with van der Waals surface area (Å²) in [5, 5.41) is 0. The zero-order valence-electron chi connectivity index (χ0n) is 11.0. The molecule has 0 spiro atoms. The lowest BCUT2D eigenvalue weighted by Gasteiger charge is -2.20. The Kier molecular flexibility index (Phi) is 4.28. The van der Waals surface area contributed by atoms with E-state index in [9.17, 15) is 4.79 Å². The zero-order valence-corrected chi connectivity index (χ0v) is 11.0. The van der Waals surface area contributed by atoms with Gasteiger partial charge in [0.15, 0.2) is 0 Å². The number of hydrogen-bond acceptors (Lipinski definition) is 1. The van der Waals surface area contributed by atoms with Crippen LogP contribution in [-0.4, -0.2) is 5.78 Å². The Hall–Kier alpha value is -1.11. The lowest BCUT2D eigenvalue weighted by Crippen LogP contribution is -2.17. The molecule has 0 radical (unpaired) electrons. The molecule has 88 valence electrons. The van der Waals surface area contributed by atoms with Crippen LogP contribution in [-0.2, 0) is 4.79 Å². The van der Waals surface area contributed by atoms with Gasteiger partial charge in [-0.2, -0.15) is 0 Å². The van der Waals surface area contributed by atoms with E-state index in [1.807, 2.05) is 6.92 Å². The van der Waals surface area contributed by atoms with Gasteiger partial charge in [-0.3, -0.25) is 4.79 Å². The first kappa shape index (κ1) is 13.0. The Labute approximate surface area is 98.9 Å². The molecule has 1 unspecified atom stereocenters. The fraction of sp³-hybridized carbons (Fsp3) is 0.533. The van der Waals surface area contributed by atoms with Crippen LogP contribution < -0.4 is 0 Å². The van der Waals surface area contributed by atoms with Crippen molar-refractivity contribution in [3.8, 4) is 0 Å². The minimum Gasteiger partial charge on any atom is -0.299 e. The van der Waals surface area contributed by atoms with Crippen molar-refractivity contribution in [3.63, 3.8) is 0 Å². The van der Waals surface area contributed by atoms with E-state index in [0.29, 0.717) is 18.1 Å². The summed E-state index contributed by atoms with van der Waals surface area (Å²) in [5.74, 6) is 0.775. The first-order valence-corrected chi connectivity index (χ1v) is 6.06. The van der Waals surface area contributed by atoms with E-state index in [1.54, 1.807) is 0 Å². The lowest BCUT2D eigenvalue weighted by atomic mass is 9.83. The molecule has 1 rings (SSSR count). The van der Waals surface area contributed by atoms with Gasteiger partial charge in [0, 0.05) is 12.3 Å². The molecule has 0 heterocycles. The maximum atomic E-state index is 12.0. The van der Waals surface area contributed by atoms with Crippen molar-refractivity contribution in [3.05, 3.63) is 34.9 Å². The van der Waals surface area contributed by atoms with Crippen molar-refractivity contribution in [2.45, 2.75) is 47.0 Å². The molecular weight excluding hydrogens is 196 g/mol. The predicted octanol–water partition coefficient (Wildman–Crippen LogP) is 4.02. The van der Waals surface area contributed by atoms with E-state index in [2.05, 4.69) is 45.9 Å². The molecular formula is C15H22O. The van der Waals surface area contributed by atoms with Crippen LogP contribution >= 0.6 is 0 Å². The van der Waals surface area contributed by atoms with Crippen molar-refractivity contribution in [1.29, 1.82) is 0 Å². The molecule has 0 aliphatic rings. The Balaban J connectivity index is 3.15. The fourth-order valence-corrected chi connectivity index (χ4v) is 2.35. The molecule has 1 aromatic carbocycles. The maximum Gasteiger partial charge on any atom is 0.140 e. The van der Waals surface area contributed by atoms with Gasteiger partial charge < -0.3 is 0 Å². The van der Waals surface area contributed by atoms with Crippen molar-refractivity contribution in [1.82, 2.24) is 0 Å². The van der Waals surface area contributed by atoms with Gasteiger partial charge in [-0.05, 0) is 25.3 Å². The Bertz CT molecular complexity index is 357. The molecule has 0 fully saturated rings. The molecule has 0 N–H and O–H groups in total. The highest BCUT2D eigenvalue weighted by Gasteiger charge is 2.22. The molecule has 1 nitrogen and oxygen atoms in total. The molecule has 0 bridgehead atoms. The third-order valence-electron chi connectivity index (χ3n) is 2.97. The highest BCUT2D eigenvalue weighted by atomic mass is 16.1. The smallest absolute Gasteiger partial charge is 0.140 e. The van der Waals surface area contributed by atoms with Gasteiger partial charge in [0.05, 0.1) is 0 Å². The van der Waals surface area contributed by atoms with Gasteiger partial charge in [-0.25, -0.2) is 0 Å². The van der Waals surface area contributed by atoms with Crippen LogP contribution in [0.5, 0.6) is 0 Å². The first-order valence-electron chi connectivity index (χ1n) is 6.06. The van der Waals surface area contributed by atoms with Crippen LogP contribution in [0.1, 0.15) is 49.8 Å². The van der Waals surface area contributed by atoms with Crippen molar-refractivity contribution in [2.75, 3.05) is 0 Å². The standard InChI is InChI=1S/C15H22O/c1-6-14(16)15(10(2)3)13-8-11(4)7-12(5)9-13/h7-10,15H,6H2,1-5H3. The second-order valence-corrected chi connectivity index (χ2v) is 4.96. The first-order chi connectivity index (χ1) is 7.45. The van der Waals surface area contributed by atoms with Gasteiger partial charge in [-0.15, -0.1) is 0 Å². The van der Waals surface area contributed by atoms with Crippen LogP contribution in [0.25, 0.3) is 0 Å². The number of hydrogen-bond donors (Lipinski definition) is 0. The molecule has 0 aliphatic heterocycles. The Morgan fingerprint density at radius 2 is 1.62 bits per heavy atom. The highest BCUT2D eigenvalue weighted by molar-refractivity contribution is 5.85. The third-order valence-corrected chi connectivity index (χ3v) is 2.97. The van der Waals surface area contributed by atoms with Crippen LogP contribution in [0.3, 0.4) is 0 Å². The van der Waals surface area contributed by atoms with E-state index in [1.165, 1.54) is 16.7 Å². The number of Topliss-reactive ketones (excluding diaryl/α,β-unsaturated/α-hetero) is 1. The van der Waals surface area contributed by atoms with Crippen LogP contribution in [0.2, 0.25) is 0 Å². The average molecular weight is 218 g/mol. The molecule has 0 aliphatic carbocycles. The van der Waals surface area contributed by atoms with Gasteiger partial charge in [0.25, 0.3) is 0 Å². The summed E-state index contributed by atoms with van der Waals surface area (Å²) in [6.07, 6.45) is 0.621. The summed E-state index contributed by atoms with van der Waals surface area (Å²) < 4.78 is 0. The Morgan fingerprint density at radius 3 is 2.00 bits per heavy atom. The number of carbonyl (C=O) groups is 1. The summed E-state index contributed by atoms with van der Waals surface area (Å²) >= 11 is 0. The molecule has 0 saturated carbocycles. The topological polar surface area (TPSA) is 17.1 Å². The normalized spacial score (nSPS) is 12.9. The number of rotatable bonds is 4. The van der Waals surface area contributed by atoms with Gasteiger partial charge >= 0.3 is 0 Å². The van der Waals surface area contributed by atoms with Crippen LogP contribution in [0.4, 0.5) is 0 Å². The lowest BCUT2D eigenvalue weighted by molar-refractivity contribution is -0.121. The molecule has 1 atom stereocenters. The summed E-state index contributed by atoms with van der Waals surface area (Å²) in [6.45, 7) is 10.4. The fourth-order valence-electron chi connectivity index (χ4n) is 2.35. The van der Waals surface area contributed by atoms with Crippen LogP contribution in [0, 0.1) is 19.8 Å². The Morgan fingerprint density at radius 1 is 1.12 bits per heavy atom. The monoisotopic (exact) mass is 218 g/mol. The molecule has 1 heteroatoms. The quantitative estimate of drug-likeness (QED) is 0.746. The summed E-state index contributed by atoms with van der Waals surface area (Å²) in [4.78, 5) is 12.0. The SMILES string of the molecule is CCC(=O)C(c1cc(C)cc(C)c1)C(C)C. The minimum absolute atomic E-state index is 0.0589. The van der Waals surface area contributed by atoms with Crippen molar-refractivity contribution >= 4 is 5.78 Å². The molecule has 0 amide bonds. The van der Waals surface area contributed by atoms with Gasteiger partial charge in [-0.1, -0.05) is 50.1 Å². The van der Waals surface area contributed by atoms with E-state index in [4.69, 9.17) is 0 Å². The van der Waals surface area contributed by atoms with Gasteiger partial charge in [0.1, 0.15) is 5.78 Å². The van der Waals surface area contributed by atoms with E-state index >= 15 is 0 Å². The molecule has 0 saturated heterocycles. The van der Waals surface area contributed by atoms with E-state index in [0.717, 1.165) is 0 Å². The second kappa shape index (κ2) is 5.29. The van der Waals surface area contributed by atoms with E-state index < -0.39 is 0 Å². The molecule has 16 heavy (non-hydrogen) atoms. The van der Waals surface area contributed by atoms with Crippen molar-refractivity contribution < 1.29 is 4.79 Å². The van der Waals surface area contributed by atoms with Crippen molar-refractivity contribution in [2.24, 2.45) is 5.92 Å². The number of aryl methyl sites for hydroxylation is 2. The van der Waals surface area contributed by atoms with E-state index in [-0.39, 0.29) is 5.92 Å².